The second-order valence-electron chi connectivity index (χ2n) is 6.42. The van der Waals surface area contributed by atoms with Gasteiger partial charge in [0.25, 0.3) is 5.91 Å². The van der Waals surface area contributed by atoms with Crippen LogP contribution in [-0.4, -0.2) is 29.9 Å². The fraction of sp³-hybridized carbons (Fsp3) is 0.200. The third kappa shape index (κ3) is 4.79. The molecule has 170 valence electrons. The summed E-state index contributed by atoms with van der Waals surface area (Å²) < 4.78 is 90.7. The normalized spacial score (nSPS) is 11.9. The molecule has 0 unspecified atom stereocenters. The number of anilines is 1. The number of benzene rings is 2. The number of nitrogens with one attached hydrogen (secondary N) is 1. The van der Waals surface area contributed by atoms with Gasteiger partial charge in [-0.05, 0) is 18.2 Å². The zero-order valence-corrected chi connectivity index (χ0v) is 16.5. The molecule has 0 fully saturated rings. The second-order valence-corrected chi connectivity index (χ2v) is 6.42. The van der Waals surface area contributed by atoms with Crippen LogP contribution >= 0.6 is 0 Å². The van der Waals surface area contributed by atoms with Crippen molar-refractivity contribution in [2.45, 2.75) is 12.4 Å². The molecule has 0 bridgehead atoms. The first kappa shape index (κ1) is 23.0. The molecule has 1 N–H and O–H groups in total. The number of hydrogen-bond acceptors (Lipinski definition) is 4. The van der Waals surface area contributed by atoms with E-state index in [1.54, 1.807) is 0 Å². The highest BCUT2D eigenvalue weighted by atomic mass is 19.4. The molecule has 0 saturated carbocycles. The molecule has 2 aromatic carbocycles. The van der Waals surface area contributed by atoms with E-state index >= 15 is 0 Å². The molecule has 1 heterocycles. The Morgan fingerprint density at radius 1 is 0.938 bits per heavy atom. The van der Waals surface area contributed by atoms with Crippen LogP contribution in [0.2, 0.25) is 0 Å². The number of rotatable bonds is 5. The smallest absolute Gasteiger partial charge is 0.434 e. The largest absolute Gasteiger partial charge is 0.497 e. The van der Waals surface area contributed by atoms with E-state index < -0.39 is 40.8 Å². The van der Waals surface area contributed by atoms with Crippen molar-refractivity contribution in [3.63, 3.8) is 0 Å². The first-order chi connectivity index (χ1) is 14.9. The Morgan fingerprint density at radius 2 is 1.56 bits per heavy atom. The van der Waals surface area contributed by atoms with E-state index in [2.05, 4.69) is 10.4 Å². The fourth-order valence-electron chi connectivity index (χ4n) is 2.88. The summed E-state index contributed by atoms with van der Waals surface area (Å²) in [5, 5.41) is 5.81. The summed E-state index contributed by atoms with van der Waals surface area (Å²) in [7, 11) is 2.70. The molecule has 0 aliphatic carbocycles. The van der Waals surface area contributed by atoms with Gasteiger partial charge in [-0.2, -0.15) is 31.4 Å². The van der Waals surface area contributed by atoms with Crippen LogP contribution in [-0.2, 0) is 12.4 Å². The fourth-order valence-corrected chi connectivity index (χ4v) is 2.88. The molecule has 0 aliphatic rings. The summed E-state index contributed by atoms with van der Waals surface area (Å²) in [6.45, 7) is 0. The number of hydrogen-bond donors (Lipinski definition) is 1. The van der Waals surface area contributed by atoms with Crippen LogP contribution in [0.25, 0.3) is 5.69 Å². The van der Waals surface area contributed by atoms with Gasteiger partial charge in [-0.15, -0.1) is 0 Å². The van der Waals surface area contributed by atoms with Gasteiger partial charge in [0.15, 0.2) is 5.69 Å². The lowest BCUT2D eigenvalue weighted by atomic mass is 10.1. The summed E-state index contributed by atoms with van der Waals surface area (Å²) in [5.41, 5.74) is -3.99. The topological polar surface area (TPSA) is 65.4 Å². The molecule has 12 heteroatoms. The summed E-state index contributed by atoms with van der Waals surface area (Å²) in [4.78, 5) is 12.6. The zero-order valence-electron chi connectivity index (χ0n) is 16.5. The average molecular weight is 459 g/mol. The lowest BCUT2D eigenvalue weighted by Crippen LogP contribution is -2.21. The van der Waals surface area contributed by atoms with Crippen molar-refractivity contribution < 1.29 is 40.6 Å². The minimum absolute atomic E-state index is 0.0751. The van der Waals surface area contributed by atoms with Crippen LogP contribution in [0.4, 0.5) is 32.0 Å². The van der Waals surface area contributed by atoms with Crippen molar-refractivity contribution in [2.24, 2.45) is 0 Å². The Bertz CT molecular complexity index is 1120. The number of aromatic nitrogens is 2. The Hall–Kier alpha value is -3.70. The van der Waals surface area contributed by atoms with E-state index in [0.717, 1.165) is 12.1 Å². The van der Waals surface area contributed by atoms with Crippen LogP contribution in [0.1, 0.15) is 21.6 Å². The van der Waals surface area contributed by atoms with Gasteiger partial charge in [-0.1, -0.05) is 6.07 Å². The van der Waals surface area contributed by atoms with Crippen molar-refractivity contribution in [1.29, 1.82) is 0 Å². The van der Waals surface area contributed by atoms with Gasteiger partial charge in [0.05, 0.1) is 37.2 Å². The maximum absolute atomic E-state index is 13.8. The lowest BCUT2D eigenvalue weighted by Gasteiger charge is -2.14. The molecule has 32 heavy (non-hydrogen) atoms. The Morgan fingerprint density at radius 3 is 2.09 bits per heavy atom. The van der Waals surface area contributed by atoms with Gasteiger partial charge in [0, 0.05) is 23.9 Å². The van der Waals surface area contributed by atoms with Crippen LogP contribution in [0.15, 0.2) is 48.7 Å². The maximum Gasteiger partial charge on any atom is 0.434 e. The molecule has 0 radical (unpaired) electrons. The quantitative estimate of drug-likeness (QED) is 0.534. The number of carbonyl (C=O) groups is 1. The third-order valence-corrected chi connectivity index (χ3v) is 4.31. The van der Waals surface area contributed by atoms with E-state index in [1.807, 2.05) is 0 Å². The lowest BCUT2D eigenvalue weighted by molar-refractivity contribution is -0.143. The third-order valence-electron chi connectivity index (χ3n) is 4.31. The summed E-state index contributed by atoms with van der Waals surface area (Å²) >= 11 is 0. The number of amides is 1. The highest BCUT2D eigenvalue weighted by molar-refractivity contribution is 6.05. The van der Waals surface area contributed by atoms with E-state index in [4.69, 9.17) is 9.47 Å². The van der Waals surface area contributed by atoms with E-state index in [0.29, 0.717) is 18.3 Å². The van der Waals surface area contributed by atoms with Crippen LogP contribution in [0.5, 0.6) is 11.5 Å². The van der Waals surface area contributed by atoms with Gasteiger partial charge < -0.3 is 14.8 Å². The molecular weight excluding hydrogens is 444 g/mol. The molecule has 3 aromatic rings. The summed E-state index contributed by atoms with van der Waals surface area (Å²) in [6.07, 6.45) is -9.23. The van der Waals surface area contributed by atoms with E-state index in [-0.39, 0.29) is 21.9 Å². The van der Waals surface area contributed by atoms with Crippen LogP contribution < -0.4 is 14.8 Å². The van der Waals surface area contributed by atoms with Gasteiger partial charge in [-0.25, -0.2) is 4.68 Å². The molecule has 0 atom stereocenters. The first-order valence-electron chi connectivity index (χ1n) is 8.81. The van der Waals surface area contributed by atoms with E-state index in [1.165, 1.54) is 32.4 Å². The molecule has 3 rings (SSSR count). The Kier molecular flexibility index (Phi) is 6.06. The van der Waals surface area contributed by atoms with Crippen molar-refractivity contribution in [2.75, 3.05) is 19.5 Å². The van der Waals surface area contributed by atoms with Crippen molar-refractivity contribution in [3.05, 3.63) is 65.5 Å². The van der Waals surface area contributed by atoms with Gasteiger partial charge in [0.2, 0.25) is 0 Å². The van der Waals surface area contributed by atoms with Gasteiger partial charge in [-0.3, -0.25) is 4.79 Å². The number of ether oxygens (including phenoxy) is 2. The number of alkyl halides is 6. The van der Waals surface area contributed by atoms with Crippen molar-refractivity contribution in [1.82, 2.24) is 9.78 Å². The molecule has 0 aliphatic heterocycles. The highest BCUT2D eigenvalue weighted by Crippen LogP contribution is 2.36. The predicted octanol–water partition coefficient (Wildman–Crippen LogP) is 5.18. The summed E-state index contributed by atoms with van der Waals surface area (Å²) in [5.74, 6) is -0.628. The number of carbonyl (C=O) groups excluding carboxylic acids is 1. The molecule has 0 spiro atoms. The SMILES string of the molecule is COc1cc(NC(=O)c2cnn(-c3cccc(C(F)(F)F)c3)c2C(F)(F)F)cc(OC)c1. The van der Waals surface area contributed by atoms with Crippen LogP contribution in [0.3, 0.4) is 0 Å². The molecule has 1 amide bonds. The monoisotopic (exact) mass is 459 g/mol. The van der Waals surface area contributed by atoms with Crippen molar-refractivity contribution in [3.8, 4) is 17.2 Å². The Balaban J connectivity index is 2.04. The minimum atomic E-state index is -5.09. The van der Waals surface area contributed by atoms with Crippen LogP contribution in [0, 0.1) is 0 Å². The number of nitrogens with zero attached hydrogens (tertiary/aromatic N) is 2. The minimum Gasteiger partial charge on any atom is -0.497 e. The molecule has 1 aromatic heterocycles. The van der Waals surface area contributed by atoms with Gasteiger partial charge in [0.1, 0.15) is 11.5 Å². The van der Waals surface area contributed by atoms with Gasteiger partial charge >= 0.3 is 12.4 Å². The first-order valence-corrected chi connectivity index (χ1v) is 8.81. The number of halogens is 6. The number of methoxy groups -OCH3 is 2. The molecular formula is C20H15F6N3O3. The Labute approximate surface area is 177 Å². The maximum atomic E-state index is 13.8. The standard InChI is InChI=1S/C20H15F6N3O3/c1-31-14-7-12(8-15(9-14)32-2)28-18(30)16-10-27-29(17(16)20(24,25)26)13-5-3-4-11(6-13)19(21,22)23/h3-10H,1-2H3,(H,28,30). The molecule has 0 saturated heterocycles. The zero-order chi connectivity index (χ0) is 23.7. The van der Waals surface area contributed by atoms with E-state index in [9.17, 15) is 31.1 Å². The summed E-state index contributed by atoms with van der Waals surface area (Å²) in [6, 6.07) is 7.38. The van der Waals surface area contributed by atoms with Crippen molar-refractivity contribution >= 4 is 11.6 Å². The highest BCUT2D eigenvalue weighted by Gasteiger charge is 2.41. The molecule has 6 nitrogen and oxygen atoms in total. The second kappa shape index (κ2) is 8.44. The average Bonchev–Trinajstić information content (AvgIpc) is 3.19. The predicted molar refractivity (Wildman–Crippen MR) is 101 cm³/mol.